The van der Waals surface area contributed by atoms with Crippen molar-refractivity contribution in [1.82, 2.24) is 16.2 Å². The molecule has 2 rings (SSSR count). The topological polar surface area (TPSA) is 79.5 Å². The quantitative estimate of drug-likeness (QED) is 0.341. The molecule has 0 bridgehead atoms. The number of benzene rings is 2. The van der Waals surface area contributed by atoms with E-state index in [0.29, 0.717) is 16.7 Å². The van der Waals surface area contributed by atoms with Crippen LogP contribution < -0.4 is 20.9 Å². The van der Waals surface area contributed by atoms with Crippen LogP contribution in [0.15, 0.2) is 54.6 Å². The van der Waals surface area contributed by atoms with Crippen molar-refractivity contribution < 1.29 is 14.3 Å². The molecule has 158 valence electrons. The molecule has 2 aromatic rings. The first-order chi connectivity index (χ1) is 14.4. The highest BCUT2D eigenvalue weighted by Crippen LogP contribution is 2.21. The summed E-state index contributed by atoms with van der Waals surface area (Å²) in [6, 6.07) is 14.7. The molecule has 2 amide bonds. The maximum atomic E-state index is 11.9. The molecule has 3 N–H and O–H groups in total. The van der Waals surface area contributed by atoms with E-state index in [1.807, 2.05) is 24.3 Å². The van der Waals surface area contributed by atoms with Gasteiger partial charge in [0.25, 0.3) is 5.91 Å². The van der Waals surface area contributed by atoms with Crippen LogP contribution in [0.1, 0.15) is 37.3 Å². The Kier molecular flexibility index (Phi) is 9.31. The highest BCUT2D eigenvalue weighted by molar-refractivity contribution is 7.80. The lowest BCUT2D eigenvalue weighted by Crippen LogP contribution is -2.49. The first-order valence-corrected chi connectivity index (χ1v) is 10.2. The number of hydrogen-bond acceptors (Lipinski definition) is 4. The first kappa shape index (κ1) is 23.4. The Morgan fingerprint density at radius 3 is 2.40 bits per heavy atom. The number of rotatable bonds is 7. The van der Waals surface area contributed by atoms with Gasteiger partial charge in [-0.2, -0.15) is 0 Å². The highest BCUT2D eigenvalue weighted by atomic mass is 35.5. The Hall–Kier alpha value is -2.90. The first-order valence-electron chi connectivity index (χ1n) is 9.43. The minimum Gasteiger partial charge on any atom is -0.484 e. The van der Waals surface area contributed by atoms with Crippen molar-refractivity contribution in [2.45, 2.75) is 26.2 Å². The Labute approximate surface area is 186 Å². The number of hydrazine groups is 1. The minimum atomic E-state index is -0.436. The average molecular weight is 446 g/mol. The minimum absolute atomic E-state index is 0.0352. The van der Waals surface area contributed by atoms with E-state index >= 15 is 0 Å². The predicted octanol–water partition coefficient (Wildman–Crippen LogP) is 3.97. The van der Waals surface area contributed by atoms with Crippen LogP contribution in [0.3, 0.4) is 0 Å². The van der Waals surface area contributed by atoms with E-state index in [-0.39, 0.29) is 11.7 Å². The van der Waals surface area contributed by atoms with Gasteiger partial charge in [-0.1, -0.05) is 49.7 Å². The smallest absolute Gasteiger partial charge is 0.276 e. The SMILES string of the molecule is CCC(C)c1ccc(OCC(=O)NNC(=S)NC(=O)/C=C/c2ccc(Cl)cc2)cc1. The molecule has 0 aliphatic rings. The molecule has 1 unspecified atom stereocenters. The Balaban J connectivity index is 1.69. The maximum Gasteiger partial charge on any atom is 0.276 e. The standard InChI is InChI=1S/C22H24ClN3O3S/c1-3-15(2)17-7-11-19(12-8-17)29-14-21(28)25-26-22(30)24-20(27)13-6-16-4-9-18(23)10-5-16/h4-13,15H,3,14H2,1-2H3,(H,25,28)(H2,24,26,27,30)/b13-6+. The van der Waals surface area contributed by atoms with E-state index in [2.05, 4.69) is 30.0 Å². The van der Waals surface area contributed by atoms with E-state index in [4.69, 9.17) is 28.6 Å². The fourth-order valence-corrected chi connectivity index (χ4v) is 2.65. The zero-order chi connectivity index (χ0) is 21.9. The normalized spacial score (nSPS) is 11.6. The van der Waals surface area contributed by atoms with E-state index in [0.717, 1.165) is 12.0 Å². The van der Waals surface area contributed by atoms with Gasteiger partial charge in [0, 0.05) is 11.1 Å². The number of hydrogen-bond donors (Lipinski definition) is 3. The van der Waals surface area contributed by atoms with Crippen LogP contribution in [0, 0.1) is 0 Å². The van der Waals surface area contributed by atoms with Crippen LogP contribution in [0.5, 0.6) is 5.75 Å². The van der Waals surface area contributed by atoms with Crippen molar-refractivity contribution in [3.8, 4) is 5.75 Å². The number of amides is 2. The summed E-state index contributed by atoms with van der Waals surface area (Å²) >= 11 is 10.8. The molecule has 1 atom stereocenters. The molecule has 0 heterocycles. The Bertz CT molecular complexity index is 899. The van der Waals surface area contributed by atoms with Gasteiger partial charge < -0.3 is 4.74 Å². The lowest BCUT2D eigenvalue weighted by atomic mass is 9.99. The third kappa shape index (κ3) is 8.23. The number of carbonyl (C=O) groups excluding carboxylic acids is 2. The molecule has 2 aromatic carbocycles. The van der Waals surface area contributed by atoms with Gasteiger partial charge in [-0.25, -0.2) is 0 Å². The molecule has 0 aromatic heterocycles. The molecule has 0 radical (unpaired) electrons. The zero-order valence-corrected chi connectivity index (χ0v) is 18.3. The number of ether oxygens (including phenoxy) is 1. The van der Waals surface area contributed by atoms with Gasteiger partial charge in [0.1, 0.15) is 5.75 Å². The van der Waals surface area contributed by atoms with Crippen molar-refractivity contribution in [3.05, 3.63) is 70.8 Å². The van der Waals surface area contributed by atoms with Crippen LogP contribution in [-0.4, -0.2) is 23.5 Å². The van der Waals surface area contributed by atoms with Crippen LogP contribution >= 0.6 is 23.8 Å². The fraction of sp³-hybridized carbons (Fsp3) is 0.227. The Morgan fingerprint density at radius 2 is 1.77 bits per heavy atom. The Morgan fingerprint density at radius 1 is 1.10 bits per heavy atom. The average Bonchev–Trinajstić information content (AvgIpc) is 2.75. The predicted molar refractivity (Wildman–Crippen MR) is 123 cm³/mol. The summed E-state index contributed by atoms with van der Waals surface area (Å²) < 4.78 is 5.44. The van der Waals surface area contributed by atoms with Crippen molar-refractivity contribution in [2.24, 2.45) is 0 Å². The molecule has 0 aliphatic heterocycles. The monoisotopic (exact) mass is 445 g/mol. The van der Waals surface area contributed by atoms with Crippen molar-refractivity contribution in [2.75, 3.05) is 6.61 Å². The van der Waals surface area contributed by atoms with Crippen molar-refractivity contribution in [3.63, 3.8) is 0 Å². The lowest BCUT2D eigenvalue weighted by molar-refractivity contribution is -0.123. The van der Waals surface area contributed by atoms with Crippen LogP contribution in [0.25, 0.3) is 6.08 Å². The highest BCUT2D eigenvalue weighted by Gasteiger charge is 2.06. The maximum absolute atomic E-state index is 11.9. The lowest BCUT2D eigenvalue weighted by Gasteiger charge is -2.12. The summed E-state index contributed by atoms with van der Waals surface area (Å²) in [6.07, 6.45) is 4.00. The van der Waals surface area contributed by atoms with Crippen LogP contribution in [-0.2, 0) is 9.59 Å². The van der Waals surface area contributed by atoms with Gasteiger partial charge >= 0.3 is 0 Å². The van der Waals surface area contributed by atoms with Crippen molar-refractivity contribution in [1.29, 1.82) is 0 Å². The van der Waals surface area contributed by atoms with E-state index in [1.165, 1.54) is 11.6 Å². The largest absolute Gasteiger partial charge is 0.484 e. The van der Waals surface area contributed by atoms with E-state index in [1.54, 1.807) is 30.3 Å². The van der Waals surface area contributed by atoms with E-state index in [9.17, 15) is 9.59 Å². The van der Waals surface area contributed by atoms with Crippen LogP contribution in [0.2, 0.25) is 5.02 Å². The second kappa shape index (κ2) is 11.9. The number of nitrogens with one attached hydrogen (secondary N) is 3. The second-order valence-corrected chi connectivity index (χ2v) is 7.39. The molecule has 8 heteroatoms. The summed E-state index contributed by atoms with van der Waals surface area (Å²) in [7, 11) is 0. The molecule has 0 saturated carbocycles. The third-order valence-electron chi connectivity index (χ3n) is 4.28. The zero-order valence-electron chi connectivity index (χ0n) is 16.8. The summed E-state index contributed by atoms with van der Waals surface area (Å²) in [5.41, 5.74) is 6.86. The van der Waals surface area contributed by atoms with Gasteiger partial charge in [0.2, 0.25) is 5.91 Å². The summed E-state index contributed by atoms with van der Waals surface area (Å²) in [4.78, 5) is 23.7. The van der Waals surface area contributed by atoms with Gasteiger partial charge in [-0.05, 0) is 66.0 Å². The van der Waals surface area contributed by atoms with Gasteiger partial charge in [0.15, 0.2) is 11.7 Å². The van der Waals surface area contributed by atoms with Gasteiger partial charge in [0.05, 0.1) is 0 Å². The summed E-state index contributed by atoms with van der Waals surface area (Å²) in [5.74, 6) is 0.202. The summed E-state index contributed by atoms with van der Waals surface area (Å²) in [6.45, 7) is 4.10. The molecule has 30 heavy (non-hydrogen) atoms. The molecule has 0 saturated heterocycles. The number of thiocarbonyl (C=S) groups is 1. The van der Waals surface area contributed by atoms with Gasteiger partial charge in [-0.3, -0.25) is 25.8 Å². The third-order valence-corrected chi connectivity index (χ3v) is 4.74. The molecule has 6 nitrogen and oxygen atoms in total. The molecular formula is C22H24ClN3O3S. The molecule has 0 fully saturated rings. The fourth-order valence-electron chi connectivity index (χ4n) is 2.37. The summed E-state index contributed by atoms with van der Waals surface area (Å²) in [5, 5.41) is 3.01. The molecule has 0 aliphatic carbocycles. The van der Waals surface area contributed by atoms with Crippen molar-refractivity contribution >= 4 is 46.8 Å². The molecular weight excluding hydrogens is 422 g/mol. The number of carbonyl (C=O) groups is 2. The second-order valence-electron chi connectivity index (χ2n) is 6.54. The molecule has 0 spiro atoms. The number of halogens is 1. The van der Waals surface area contributed by atoms with Crippen LogP contribution in [0.4, 0.5) is 0 Å². The van der Waals surface area contributed by atoms with E-state index < -0.39 is 11.8 Å². The van der Waals surface area contributed by atoms with Gasteiger partial charge in [-0.15, -0.1) is 0 Å².